The molecule has 0 saturated carbocycles. The number of esters is 1. The van der Waals surface area contributed by atoms with Crippen molar-refractivity contribution >= 4 is 39.0 Å². The molecule has 3 aliphatic rings. The summed E-state index contributed by atoms with van der Waals surface area (Å²) in [5.41, 5.74) is 2.36. The molecule has 1 aliphatic carbocycles. The van der Waals surface area contributed by atoms with E-state index >= 15 is 4.39 Å². The fourth-order valence-corrected chi connectivity index (χ4v) is 6.31. The number of nitrogens with one attached hydrogen (secondary N) is 1. The summed E-state index contributed by atoms with van der Waals surface area (Å²) in [6.45, 7) is 2.59. The first-order valence-electron chi connectivity index (χ1n) is 11.4. The molecule has 1 aromatic heterocycles. The number of rotatable bonds is 5. The van der Waals surface area contributed by atoms with Gasteiger partial charge in [0.25, 0.3) is 0 Å². The van der Waals surface area contributed by atoms with Gasteiger partial charge >= 0.3 is 5.97 Å². The molecular formula is C26H25BrFNO4S. The second kappa shape index (κ2) is 9.76. The van der Waals surface area contributed by atoms with Gasteiger partial charge in [-0.25, -0.2) is 9.18 Å². The lowest BCUT2D eigenvalue weighted by Gasteiger charge is -2.36. The molecule has 5 rings (SSSR count). The number of Topliss-reactive ketones (excluding diaryl/α,β-unsaturated/α-hetero) is 1. The topological polar surface area (TPSA) is 64.6 Å². The molecule has 2 aliphatic heterocycles. The third kappa shape index (κ3) is 4.51. The van der Waals surface area contributed by atoms with Crippen LogP contribution in [0.3, 0.4) is 0 Å². The summed E-state index contributed by atoms with van der Waals surface area (Å²) in [7, 11) is 0. The number of ketones is 1. The molecule has 1 fully saturated rings. The first-order valence-corrected chi connectivity index (χ1v) is 13.1. The minimum atomic E-state index is -0.831. The number of carbonyl (C=O) groups is 2. The van der Waals surface area contributed by atoms with Crippen LogP contribution in [0.15, 0.2) is 62.7 Å². The van der Waals surface area contributed by atoms with Crippen LogP contribution in [0.5, 0.6) is 0 Å². The Morgan fingerprint density at radius 3 is 2.91 bits per heavy atom. The zero-order chi connectivity index (χ0) is 23.8. The third-order valence-electron chi connectivity index (χ3n) is 6.69. The van der Waals surface area contributed by atoms with Crippen LogP contribution in [0.1, 0.15) is 54.9 Å². The second-order valence-electron chi connectivity index (χ2n) is 8.93. The average Bonchev–Trinajstić information content (AvgIpc) is 3.52. The molecule has 0 radical (unpaired) electrons. The number of hydrogen-bond acceptors (Lipinski definition) is 6. The molecule has 0 spiro atoms. The SMILES string of the molecule is CC1=C(C(=O)OC[C@@H]2CCCO2)[C@@H](c2cc(Br)ccc2F)C2=C(C[C@H](c3cccs3)CC2=O)N1. The van der Waals surface area contributed by atoms with E-state index in [4.69, 9.17) is 9.47 Å². The van der Waals surface area contributed by atoms with Gasteiger partial charge in [0.2, 0.25) is 0 Å². The first-order chi connectivity index (χ1) is 16.4. The molecule has 2 aromatic rings. The lowest BCUT2D eigenvalue weighted by molar-refractivity contribution is -0.142. The van der Waals surface area contributed by atoms with Gasteiger partial charge in [0, 0.05) is 50.8 Å². The van der Waals surface area contributed by atoms with Gasteiger partial charge in [0.05, 0.1) is 17.6 Å². The fourth-order valence-electron chi connectivity index (χ4n) is 5.10. The van der Waals surface area contributed by atoms with E-state index in [1.165, 1.54) is 6.07 Å². The Kier molecular flexibility index (Phi) is 6.73. The second-order valence-corrected chi connectivity index (χ2v) is 10.8. The van der Waals surface area contributed by atoms with Gasteiger partial charge in [-0.1, -0.05) is 22.0 Å². The molecule has 1 saturated heterocycles. The minimum absolute atomic E-state index is 0.0626. The molecule has 34 heavy (non-hydrogen) atoms. The molecule has 0 amide bonds. The largest absolute Gasteiger partial charge is 0.459 e. The summed E-state index contributed by atoms with van der Waals surface area (Å²) < 4.78 is 27.0. The average molecular weight is 546 g/mol. The maximum atomic E-state index is 15.2. The standard InChI is InChI=1S/C26H25BrFNO4S/c1-14-23(26(31)33-13-17-4-2-8-32-17)24(18-12-16(27)6-7-19(18)28)25-20(29-14)10-15(11-21(25)30)22-5-3-9-34-22/h3,5-7,9,12,15,17,24,29H,2,4,8,10-11,13H2,1H3/t15-,17-,24+/m0/s1. The van der Waals surface area contributed by atoms with Crippen LogP contribution in [0, 0.1) is 5.82 Å². The highest BCUT2D eigenvalue weighted by Crippen LogP contribution is 2.47. The number of ether oxygens (including phenoxy) is 2. The normalized spacial score (nSPS) is 24.8. The van der Waals surface area contributed by atoms with Crippen molar-refractivity contribution < 1.29 is 23.5 Å². The Balaban J connectivity index is 1.54. The van der Waals surface area contributed by atoms with Gasteiger partial charge in [0.1, 0.15) is 12.4 Å². The van der Waals surface area contributed by atoms with Crippen molar-refractivity contribution in [1.82, 2.24) is 5.32 Å². The summed E-state index contributed by atoms with van der Waals surface area (Å²) in [6, 6.07) is 8.63. The van der Waals surface area contributed by atoms with E-state index in [9.17, 15) is 9.59 Å². The Morgan fingerprint density at radius 1 is 1.32 bits per heavy atom. The number of carbonyl (C=O) groups excluding carboxylic acids is 2. The van der Waals surface area contributed by atoms with E-state index in [-0.39, 0.29) is 35.5 Å². The predicted molar refractivity (Wildman–Crippen MR) is 131 cm³/mol. The monoisotopic (exact) mass is 545 g/mol. The maximum absolute atomic E-state index is 15.2. The van der Waals surface area contributed by atoms with Crippen molar-refractivity contribution in [2.75, 3.05) is 13.2 Å². The van der Waals surface area contributed by atoms with Crippen molar-refractivity contribution in [3.8, 4) is 0 Å². The van der Waals surface area contributed by atoms with Gasteiger partial charge in [-0.3, -0.25) is 4.79 Å². The lowest BCUT2D eigenvalue weighted by atomic mass is 9.72. The first kappa shape index (κ1) is 23.5. The number of hydrogen-bond donors (Lipinski definition) is 1. The highest BCUT2D eigenvalue weighted by Gasteiger charge is 2.42. The zero-order valence-electron chi connectivity index (χ0n) is 18.7. The maximum Gasteiger partial charge on any atom is 0.336 e. The van der Waals surface area contributed by atoms with E-state index in [1.807, 2.05) is 17.5 Å². The Hall–Kier alpha value is -2.29. The van der Waals surface area contributed by atoms with Gasteiger partial charge in [-0.15, -0.1) is 11.3 Å². The molecule has 0 unspecified atom stereocenters. The molecule has 1 aromatic carbocycles. The van der Waals surface area contributed by atoms with Crippen LogP contribution in [-0.2, 0) is 19.1 Å². The van der Waals surface area contributed by atoms with Gasteiger partial charge < -0.3 is 14.8 Å². The van der Waals surface area contributed by atoms with Crippen molar-refractivity contribution in [3.05, 3.63) is 79.0 Å². The molecule has 0 bridgehead atoms. The van der Waals surface area contributed by atoms with Crippen LogP contribution in [0.2, 0.25) is 0 Å². The molecule has 8 heteroatoms. The molecule has 3 atom stereocenters. The van der Waals surface area contributed by atoms with Crippen molar-refractivity contribution in [3.63, 3.8) is 0 Å². The van der Waals surface area contributed by atoms with E-state index in [0.29, 0.717) is 35.2 Å². The minimum Gasteiger partial charge on any atom is -0.459 e. The number of allylic oxidation sites excluding steroid dienone is 3. The molecule has 3 heterocycles. The molecule has 5 nitrogen and oxygen atoms in total. The molecular weight excluding hydrogens is 521 g/mol. The van der Waals surface area contributed by atoms with E-state index in [0.717, 1.165) is 23.4 Å². The van der Waals surface area contributed by atoms with Crippen LogP contribution < -0.4 is 5.32 Å². The zero-order valence-corrected chi connectivity index (χ0v) is 21.1. The van der Waals surface area contributed by atoms with Gasteiger partial charge in [0.15, 0.2) is 5.78 Å². The number of dihydropyridines is 1. The predicted octanol–water partition coefficient (Wildman–Crippen LogP) is 5.73. The summed E-state index contributed by atoms with van der Waals surface area (Å²) in [5, 5.41) is 5.32. The van der Waals surface area contributed by atoms with Gasteiger partial charge in [-0.05, 0) is 55.8 Å². The van der Waals surface area contributed by atoms with Crippen LogP contribution in [-0.4, -0.2) is 31.1 Å². The van der Waals surface area contributed by atoms with Crippen LogP contribution in [0.25, 0.3) is 0 Å². The molecule has 178 valence electrons. The fraction of sp³-hybridized carbons (Fsp3) is 0.385. The highest BCUT2D eigenvalue weighted by molar-refractivity contribution is 9.10. The third-order valence-corrected chi connectivity index (χ3v) is 8.21. The summed E-state index contributed by atoms with van der Waals surface area (Å²) >= 11 is 5.05. The van der Waals surface area contributed by atoms with Crippen molar-refractivity contribution in [2.24, 2.45) is 0 Å². The highest BCUT2D eigenvalue weighted by atomic mass is 79.9. The summed E-state index contributed by atoms with van der Waals surface area (Å²) in [4.78, 5) is 28.0. The Morgan fingerprint density at radius 2 is 2.18 bits per heavy atom. The van der Waals surface area contributed by atoms with Crippen molar-refractivity contribution in [2.45, 2.75) is 50.5 Å². The van der Waals surface area contributed by atoms with E-state index in [2.05, 4.69) is 21.2 Å². The quantitative estimate of drug-likeness (QED) is 0.486. The summed E-state index contributed by atoms with van der Waals surface area (Å²) in [5.74, 6) is -1.86. The lowest BCUT2D eigenvalue weighted by Crippen LogP contribution is -2.36. The van der Waals surface area contributed by atoms with Crippen LogP contribution >= 0.6 is 27.3 Å². The number of halogens is 2. The number of benzene rings is 1. The van der Waals surface area contributed by atoms with E-state index in [1.54, 1.807) is 30.4 Å². The van der Waals surface area contributed by atoms with Crippen LogP contribution in [0.4, 0.5) is 4.39 Å². The number of thiophene rings is 1. The smallest absolute Gasteiger partial charge is 0.336 e. The van der Waals surface area contributed by atoms with Crippen molar-refractivity contribution in [1.29, 1.82) is 0 Å². The van der Waals surface area contributed by atoms with Gasteiger partial charge in [-0.2, -0.15) is 0 Å². The summed E-state index contributed by atoms with van der Waals surface area (Å²) in [6.07, 6.45) is 2.60. The Bertz CT molecular complexity index is 1180. The Labute approximate surface area is 210 Å². The van der Waals surface area contributed by atoms with E-state index < -0.39 is 17.7 Å². The molecule has 1 N–H and O–H groups in total.